The van der Waals surface area contributed by atoms with Gasteiger partial charge in [-0.15, -0.1) is 0 Å². The third kappa shape index (κ3) is 3.07. The highest BCUT2D eigenvalue weighted by molar-refractivity contribution is 9.10. The molecule has 23 heavy (non-hydrogen) atoms. The number of esters is 1. The second-order valence-corrected chi connectivity index (χ2v) is 5.68. The molecule has 0 spiro atoms. The molecule has 0 aliphatic heterocycles. The third-order valence-corrected chi connectivity index (χ3v) is 3.72. The van der Waals surface area contributed by atoms with Crippen molar-refractivity contribution in [1.29, 1.82) is 0 Å². The fraction of sp³-hybridized carbons (Fsp3) is 0.118. The number of hydrogen-bond acceptors (Lipinski definition) is 4. The minimum Gasteiger partial charge on any atom is -0.461 e. The fourth-order valence-electron chi connectivity index (χ4n) is 2.23. The lowest BCUT2D eigenvalue weighted by molar-refractivity contribution is 0.0522. The molecule has 0 saturated carbocycles. The molecule has 0 saturated heterocycles. The quantitative estimate of drug-likeness (QED) is 0.638. The average molecular weight is 375 g/mol. The van der Waals surface area contributed by atoms with Gasteiger partial charge in [0.15, 0.2) is 11.5 Å². The Labute approximate surface area is 140 Å². The maximum absolute atomic E-state index is 14.1. The Hall–Kier alpha value is -2.34. The SMILES string of the molecule is CCOC(=O)c1nc(-c2cccc(Br)c2)nc2c(F)cccc12. The van der Waals surface area contributed by atoms with Crippen LogP contribution in [0.4, 0.5) is 4.39 Å². The Morgan fingerprint density at radius 1 is 1.22 bits per heavy atom. The molecule has 3 rings (SSSR count). The number of ether oxygens (including phenoxy) is 1. The highest BCUT2D eigenvalue weighted by Crippen LogP contribution is 2.25. The molecule has 4 nitrogen and oxygen atoms in total. The van der Waals surface area contributed by atoms with Crippen molar-refractivity contribution in [2.24, 2.45) is 0 Å². The van der Waals surface area contributed by atoms with Crippen LogP contribution in [-0.4, -0.2) is 22.5 Å². The number of rotatable bonds is 3. The molecule has 0 unspecified atom stereocenters. The van der Waals surface area contributed by atoms with E-state index in [4.69, 9.17) is 4.74 Å². The van der Waals surface area contributed by atoms with E-state index in [1.165, 1.54) is 12.1 Å². The molecule has 0 N–H and O–H groups in total. The predicted molar refractivity (Wildman–Crippen MR) is 88.6 cm³/mol. The maximum Gasteiger partial charge on any atom is 0.357 e. The monoisotopic (exact) mass is 374 g/mol. The second-order valence-electron chi connectivity index (χ2n) is 4.76. The van der Waals surface area contributed by atoms with Crippen molar-refractivity contribution in [3.8, 4) is 11.4 Å². The van der Waals surface area contributed by atoms with Crippen molar-refractivity contribution >= 4 is 32.8 Å². The number of aromatic nitrogens is 2. The van der Waals surface area contributed by atoms with E-state index in [-0.39, 0.29) is 23.6 Å². The van der Waals surface area contributed by atoms with Gasteiger partial charge in [-0.25, -0.2) is 19.2 Å². The summed E-state index contributed by atoms with van der Waals surface area (Å²) in [5.74, 6) is -0.833. The van der Waals surface area contributed by atoms with Crippen molar-refractivity contribution in [2.45, 2.75) is 6.92 Å². The molecule has 116 valence electrons. The molecule has 0 bridgehead atoms. The van der Waals surface area contributed by atoms with Gasteiger partial charge < -0.3 is 4.74 Å². The largest absolute Gasteiger partial charge is 0.461 e. The summed E-state index contributed by atoms with van der Waals surface area (Å²) in [4.78, 5) is 20.7. The first kappa shape index (κ1) is 15.6. The van der Waals surface area contributed by atoms with Crippen molar-refractivity contribution < 1.29 is 13.9 Å². The van der Waals surface area contributed by atoms with Gasteiger partial charge in [-0.05, 0) is 25.1 Å². The van der Waals surface area contributed by atoms with Crippen LogP contribution in [0.2, 0.25) is 0 Å². The first-order valence-electron chi connectivity index (χ1n) is 6.99. The summed E-state index contributed by atoms with van der Waals surface area (Å²) in [7, 11) is 0. The summed E-state index contributed by atoms with van der Waals surface area (Å²) in [6.45, 7) is 1.92. The molecule has 3 aromatic rings. The Bertz CT molecular complexity index is 899. The van der Waals surface area contributed by atoms with Gasteiger partial charge in [-0.3, -0.25) is 0 Å². The summed E-state index contributed by atoms with van der Waals surface area (Å²) in [5, 5.41) is 0.335. The molecule has 6 heteroatoms. The van der Waals surface area contributed by atoms with Crippen LogP contribution in [0.3, 0.4) is 0 Å². The molecule has 0 aliphatic rings. The molecule has 0 radical (unpaired) electrons. The molecule has 0 fully saturated rings. The number of benzene rings is 2. The number of hydrogen-bond donors (Lipinski definition) is 0. The molecule has 2 aromatic carbocycles. The van der Waals surface area contributed by atoms with Gasteiger partial charge in [0.1, 0.15) is 11.3 Å². The van der Waals surface area contributed by atoms with Crippen molar-refractivity contribution in [1.82, 2.24) is 9.97 Å². The van der Waals surface area contributed by atoms with Gasteiger partial charge in [-0.2, -0.15) is 0 Å². The number of nitrogens with zero attached hydrogens (tertiary/aromatic N) is 2. The normalized spacial score (nSPS) is 10.7. The van der Waals surface area contributed by atoms with Gasteiger partial charge in [-0.1, -0.05) is 40.2 Å². The average Bonchev–Trinajstić information content (AvgIpc) is 2.54. The van der Waals surface area contributed by atoms with Gasteiger partial charge in [0, 0.05) is 15.4 Å². The van der Waals surface area contributed by atoms with Gasteiger partial charge >= 0.3 is 5.97 Å². The first-order valence-corrected chi connectivity index (χ1v) is 7.78. The number of para-hydroxylation sites is 1. The number of carbonyl (C=O) groups is 1. The zero-order valence-electron chi connectivity index (χ0n) is 12.2. The third-order valence-electron chi connectivity index (χ3n) is 3.23. The van der Waals surface area contributed by atoms with Crippen LogP contribution in [-0.2, 0) is 4.74 Å². The van der Waals surface area contributed by atoms with Crippen LogP contribution in [0, 0.1) is 5.82 Å². The van der Waals surface area contributed by atoms with E-state index in [0.29, 0.717) is 10.9 Å². The molecule has 0 amide bonds. The summed E-state index contributed by atoms with van der Waals surface area (Å²) in [6, 6.07) is 11.7. The van der Waals surface area contributed by atoms with E-state index in [1.54, 1.807) is 25.1 Å². The highest BCUT2D eigenvalue weighted by Gasteiger charge is 2.18. The molecule has 1 aromatic heterocycles. The Kier molecular flexibility index (Phi) is 4.34. The lowest BCUT2D eigenvalue weighted by atomic mass is 10.1. The van der Waals surface area contributed by atoms with Crippen LogP contribution >= 0.6 is 15.9 Å². The maximum atomic E-state index is 14.1. The van der Waals surface area contributed by atoms with E-state index in [2.05, 4.69) is 25.9 Å². The van der Waals surface area contributed by atoms with Crippen LogP contribution < -0.4 is 0 Å². The molecular weight excluding hydrogens is 363 g/mol. The van der Waals surface area contributed by atoms with Gasteiger partial charge in [0.05, 0.1) is 6.61 Å². The summed E-state index contributed by atoms with van der Waals surface area (Å²) in [5.41, 5.74) is 0.835. The highest BCUT2D eigenvalue weighted by atomic mass is 79.9. The molecule has 1 heterocycles. The van der Waals surface area contributed by atoms with E-state index in [0.717, 1.165) is 4.47 Å². The lowest BCUT2D eigenvalue weighted by Gasteiger charge is -2.09. The summed E-state index contributed by atoms with van der Waals surface area (Å²) < 4.78 is 20.0. The molecule has 0 atom stereocenters. The van der Waals surface area contributed by atoms with Crippen LogP contribution in [0.1, 0.15) is 17.4 Å². The minimum absolute atomic E-state index is 0.0614. The van der Waals surface area contributed by atoms with E-state index < -0.39 is 11.8 Å². The van der Waals surface area contributed by atoms with Crippen LogP contribution in [0.5, 0.6) is 0 Å². The smallest absolute Gasteiger partial charge is 0.357 e. The topological polar surface area (TPSA) is 52.1 Å². The Balaban J connectivity index is 2.28. The Morgan fingerprint density at radius 3 is 2.74 bits per heavy atom. The predicted octanol–water partition coefficient (Wildman–Crippen LogP) is 4.38. The van der Waals surface area contributed by atoms with Crippen LogP contribution in [0.15, 0.2) is 46.9 Å². The van der Waals surface area contributed by atoms with Crippen molar-refractivity contribution in [3.05, 3.63) is 58.4 Å². The van der Waals surface area contributed by atoms with Gasteiger partial charge in [0.2, 0.25) is 0 Å². The van der Waals surface area contributed by atoms with E-state index >= 15 is 0 Å². The Morgan fingerprint density at radius 2 is 2.00 bits per heavy atom. The molecular formula is C17H12BrFN2O2. The lowest BCUT2D eigenvalue weighted by Crippen LogP contribution is -2.10. The second kappa shape index (κ2) is 6.42. The summed E-state index contributed by atoms with van der Waals surface area (Å²) >= 11 is 3.37. The zero-order valence-corrected chi connectivity index (χ0v) is 13.8. The van der Waals surface area contributed by atoms with E-state index in [1.807, 2.05) is 12.1 Å². The summed E-state index contributed by atoms with van der Waals surface area (Å²) in [6.07, 6.45) is 0. The van der Waals surface area contributed by atoms with Gasteiger partial charge in [0.25, 0.3) is 0 Å². The van der Waals surface area contributed by atoms with Crippen molar-refractivity contribution in [3.63, 3.8) is 0 Å². The molecule has 0 aliphatic carbocycles. The standard InChI is InChI=1S/C17H12BrFN2O2/c1-2-23-17(22)15-12-7-4-8-13(19)14(12)20-16(21-15)10-5-3-6-11(18)9-10/h3-9H,2H2,1H3. The fourth-order valence-corrected chi connectivity index (χ4v) is 2.63. The van der Waals surface area contributed by atoms with Crippen molar-refractivity contribution in [2.75, 3.05) is 6.61 Å². The first-order chi connectivity index (χ1) is 11.1. The zero-order chi connectivity index (χ0) is 16.4. The number of fused-ring (bicyclic) bond motifs is 1. The number of halogens is 2. The number of carbonyl (C=O) groups excluding carboxylic acids is 1. The van der Waals surface area contributed by atoms with Crippen LogP contribution in [0.25, 0.3) is 22.3 Å². The minimum atomic E-state index is -0.596. The van der Waals surface area contributed by atoms with E-state index in [9.17, 15) is 9.18 Å².